The first-order valence-corrected chi connectivity index (χ1v) is 9.26. The maximum absolute atomic E-state index is 15.5. The number of nitrogens with two attached hydrogens (primary N) is 1. The Kier molecular flexibility index (Phi) is 5.18. The van der Waals surface area contributed by atoms with Gasteiger partial charge in [-0.1, -0.05) is 31.2 Å². The van der Waals surface area contributed by atoms with Gasteiger partial charge in [0.1, 0.15) is 5.67 Å². The van der Waals surface area contributed by atoms with E-state index in [9.17, 15) is 10.1 Å². The highest BCUT2D eigenvalue weighted by atomic mass is 19.1. The van der Waals surface area contributed by atoms with Crippen LogP contribution in [0.1, 0.15) is 52.4 Å². The van der Waals surface area contributed by atoms with Crippen LogP contribution in [0.3, 0.4) is 0 Å². The number of nitriles is 1. The molecule has 0 bridgehead atoms. The van der Waals surface area contributed by atoms with E-state index in [4.69, 9.17) is 5.73 Å². The van der Waals surface area contributed by atoms with Gasteiger partial charge < -0.3 is 10.6 Å². The summed E-state index contributed by atoms with van der Waals surface area (Å²) in [6, 6.07) is 12.5. The molecule has 2 N–H and O–H groups in total. The lowest BCUT2D eigenvalue weighted by molar-refractivity contribution is 0.0419. The number of amides is 1. The zero-order chi connectivity index (χ0) is 19.6. The van der Waals surface area contributed by atoms with Crippen molar-refractivity contribution in [2.45, 2.75) is 38.8 Å². The first kappa shape index (κ1) is 18.9. The molecule has 4 nitrogen and oxygen atoms in total. The van der Waals surface area contributed by atoms with Crippen LogP contribution in [-0.2, 0) is 12.1 Å². The summed E-state index contributed by atoms with van der Waals surface area (Å²) in [7, 11) is 0. The second-order valence-corrected chi connectivity index (χ2v) is 7.13. The molecule has 1 aliphatic heterocycles. The van der Waals surface area contributed by atoms with E-state index < -0.39 is 5.67 Å². The van der Waals surface area contributed by atoms with Crippen LogP contribution in [0.4, 0.5) is 10.1 Å². The fourth-order valence-electron chi connectivity index (χ4n) is 3.75. The van der Waals surface area contributed by atoms with E-state index in [2.05, 4.69) is 6.07 Å². The van der Waals surface area contributed by atoms with Gasteiger partial charge in [0.2, 0.25) is 0 Å². The van der Waals surface area contributed by atoms with Gasteiger partial charge in [0, 0.05) is 42.7 Å². The van der Waals surface area contributed by atoms with Crippen LogP contribution in [0, 0.1) is 18.3 Å². The van der Waals surface area contributed by atoms with Gasteiger partial charge in [-0.2, -0.15) is 5.26 Å². The third-order valence-electron chi connectivity index (χ3n) is 5.48. The minimum absolute atomic E-state index is 0.103. The number of alkyl halides is 1. The third-order valence-corrected chi connectivity index (χ3v) is 5.48. The van der Waals surface area contributed by atoms with Crippen LogP contribution in [0.2, 0.25) is 0 Å². The number of hydrogen-bond donors (Lipinski definition) is 1. The second kappa shape index (κ2) is 7.40. The quantitative estimate of drug-likeness (QED) is 0.832. The van der Waals surface area contributed by atoms with E-state index in [1.807, 2.05) is 19.9 Å². The zero-order valence-electron chi connectivity index (χ0n) is 15.8. The highest BCUT2D eigenvalue weighted by Crippen LogP contribution is 2.39. The molecule has 0 saturated carbocycles. The Hall–Kier alpha value is -2.87. The van der Waals surface area contributed by atoms with E-state index in [0.717, 1.165) is 17.5 Å². The number of aryl methyl sites for hydroxylation is 2. The molecule has 1 aliphatic rings. The molecule has 0 spiro atoms. The molecule has 1 amide bonds. The Morgan fingerprint density at radius 3 is 2.59 bits per heavy atom. The zero-order valence-corrected chi connectivity index (χ0v) is 15.8. The third kappa shape index (κ3) is 3.52. The van der Waals surface area contributed by atoms with E-state index in [1.165, 1.54) is 0 Å². The Labute approximate surface area is 159 Å². The number of rotatable bonds is 3. The van der Waals surface area contributed by atoms with Gasteiger partial charge in [-0.3, -0.25) is 4.79 Å². The molecular weight excluding hydrogens is 341 g/mol. The predicted octanol–water partition coefficient (Wildman–Crippen LogP) is 4.11. The van der Waals surface area contributed by atoms with Gasteiger partial charge in [-0.15, -0.1) is 0 Å². The number of hydrogen-bond acceptors (Lipinski definition) is 3. The molecule has 0 atom stereocenters. The molecule has 27 heavy (non-hydrogen) atoms. The van der Waals surface area contributed by atoms with E-state index >= 15 is 4.39 Å². The number of nitrogens with zero attached hydrogens (tertiary/aromatic N) is 2. The lowest BCUT2D eigenvalue weighted by Crippen LogP contribution is -2.43. The molecule has 0 aliphatic carbocycles. The van der Waals surface area contributed by atoms with Crippen LogP contribution in [-0.4, -0.2) is 23.9 Å². The maximum atomic E-state index is 15.5. The molecule has 140 valence electrons. The Bertz CT molecular complexity index is 908. The van der Waals surface area contributed by atoms with Gasteiger partial charge in [-0.05, 0) is 36.6 Å². The van der Waals surface area contributed by atoms with Gasteiger partial charge in [0.15, 0.2) is 0 Å². The summed E-state index contributed by atoms with van der Waals surface area (Å²) in [5.41, 5.74) is 8.31. The van der Waals surface area contributed by atoms with Crippen molar-refractivity contribution in [2.75, 3.05) is 18.8 Å². The molecule has 0 radical (unpaired) electrons. The largest absolute Gasteiger partial charge is 0.398 e. The van der Waals surface area contributed by atoms with Crippen molar-refractivity contribution in [3.05, 3.63) is 64.2 Å². The number of carbonyl (C=O) groups excluding carboxylic acids is 1. The summed E-state index contributed by atoms with van der Waals surface area (Å²) in [6.07, 6.45) is 1.10. The monoisotopic (exact) mass is 365 g/mol. The molecule has 1 saturated heterocycles. The topological polar surface area (TPSA) is 70.1 Å². The first-order valence-electron chi connectivity index (χ1n) is 9.26. The highest BCUT2D eigenvalue weighted by molar-refractivity contribution is 5.97. The number of benzene rings is 2. The van der Waals surface area contributed by atoms with Crippen molar-refractivity contribution in [3.8, 4) is 6.07 Å². The number of halogens is 1. The lowest BCUT2D eigenvalue weighted by Gasteiger charge is -2.37. The van der Waals surface area contributed by atoms with Crippen LogP contribution in [0.5, 0.6) is 0 Å². The minimum atomic E-state index is -1.58. The molecule has 2 aromatic rings. The normalized spacial score (nSPS) is 16.0. The number of carbonyl (C=O) groups is 1. The summed E-state index contributed by atoms with van der Waals surface area (Å²) in [5, 5.41) is 9.27. The maximum Gasteiger partial charge on any atom is 0.254 e. The van der Waals surface area contributed by atoms with Gasteiger partial charge in [0.25, 0.3) is 5.91 Å². The molecule has 2 aromatic carbocycles. The van der Waals surface area contributed by atoms with Gasteiger partial charge in [0.05, 0.1) is 11.6 Å². The average Bonchev–Trinajstić information content (AvgIpc) is 2.69. The standard InChI is InChI=1S/C22H24FN3O/c1-3-16-12-15(2)20(25)13-18(16)21(27)26-10-8-22(23,9-11-26)19-7-5-4-6-17(19)14-24/h4-7,12-13H,3,8-11,25H2,1-2H3. The Morgan fingerprint density at radius 2 is 1.96 bits per heavy atom. The van der Waals surface area contributed by atoms with Crippen molar-refractivity contribution in [2.24, 2.45) is 0 Å². The van der Waals surface area contributed by atoms with Crippen LogP contribution in [0.25, 0.3) is 0 Å². The summed E-state index contributed by atoms with van der Waals surface area (Å²) in [6.45, 7) is 4.55. The summed E-state index contributed by atoms with van der Waals surface area (Å²) >= 11 is 0. The van der Waals surface area contributed by atoms with Crippen molar-refractivity contribution in [1.82, 2.24) is 4.90 Å². The van der Waals surface area contributed by atoms with Gasteiger partial charge >= 0.3 is 0 Å². The minimum Gasteiger partial charge on any atom is -0.398 e. The molecule has 0 unspecified atom stereocenters. The Balaban J connectivity index is 1.81. The van der Waals surface area contributed by atoms with Crippen LogP contribution >= 0.6 is 0 Å². The lowest BCUT2D eigenvalue weighted by atomic mass is 9.83. The van der Waals surface area contributed by atoms with Crippen LogP contribution in [0.15, 0.2) is 36.4 Å². The molecule has 1 fully saturated rings. The van der Waals surface area contributed by atoms with Crippen molar-refractivity contribution >= 4 is 11.6 Å². The van der Waals surface area contributed by atoms with Crippen molar-refractivity contribution < 1.29 is 9.18 Å². The fourth-order valence-corrected chi connectivity index (χ4v) is 3.75. The number of piperidine rings is 1. The van der Waals surface area contributed by atoms with Crippen molar-refractivity contribution in [1.29, 1.82) is 5.26 Å². The molecule has 1 heterocycles. The summed E-state index contributed by atoms with van der Waals surface area (Å²) in [5.74, 6) is -0.103. The molecule has 5 heteroatoms. The number of anilines is 1. The predicted molar refractivity (Wildman–Crippen MR) is 104 cm³/mol. The average molecular weight is 365 g/mol. The first-order chi connectivity index (χ1) is 12.9. The van der Waals surface area contributed by atoms with Gasteiger partial charge in [-0.25, -0.2) is 4.39 Å². The van der Waals surface area contributed by atoms with E-state index in [0.29, 0.717) is 35.5 Å². The van der Waals surface area contributed by atoms with Crippen molar-refractivity contribution in [3.63, 3.8) is 0 Å². The molecule has 3 rings (SSSR count). The Morgan fingerprint density at radius 1 is 1.30 bits per heavy atom. The van der Waals surface area contributed by atoms with E-state index in [-0.39, 0.29) is 18.7 Å². The van der Waals surface area contributed by atoms with Crippen LogP contribution < -0.4 is 5.73 Å². The van der Waals surface area contributed by atoms with E-state index in [1.54, 1.807) is 35.2 Å². The molecule has 0 aromatic heterocycles. The number of nitrogen functional groups attached to an aromatic ring is 1. The summed E-state index contributed by atoms with van der Waals surface area (Å²) < 4.78 is 15.5. The molecular formula is C22H24FN3O. The number of likely N-dealkylation sites (tertiary alicyclic amines) is 1. The SMILES string of the molecule is CCc1cc(C)c(N)cc1C(=O)N1CCC(F)(c2ccccc2C#N)CC1. The summed E-state index contributed by atoms with van der Waals surface area (Å²) in [4.78, 5) is 14.7. The smallest absolute Gasteiger partial charge is 0.254 e. The second-order valence-electron chi connectivity index (χ2n) is 7.13. The fraction of sp³-hybridized carbons (Fsp3) is 0.364. The highest BCUT2D eigenvalue weighted by Gasteiger charge is 2.39.